The van der Waals surface area contributed by atoms with Crippen molar-refractivity contribution in [3.63, 3.8) is 0 Å². The third-order valence-corrected chi connectivity index (χ3v) is 10.1. The van der Waals surface area contributed by atoms with Gasteiger partial charge in [-0.2, -0.15) is 0 Å². The number of benzene rings is 6. The first-order valence-corrected chi connectivity index (χ1v) is 17.4. The summed E-state index contributed by atoms with van der Waals surface area (Å²) in [5.74, 6) is 2.41. The first-order chi connectivity index (χ1) is 25.3. The molecule has 10 rings (SSSR count). The fraction of sp³-hybridized carbons (Fsp3) is 0.0426. The van der Waals surface area contributed by atoms with Gasteiger partial charge >= 0.3 is 0 Å². The van der Waals surface area contributed by atoms with Crippen LogP contribution >= 0.6 is 0 Å². The van der Waals surface area contributed by atoms with Crippen molar-refractivity contribution in [1.29, 1.82) is 0 Å². The van der Waals surface area contributed by atoms with Crippen molar-refractivity contribution in [1.82, 2.24) is 15.0 Å². The summed E-state index contributed by atoms with van der Waals surface area (Å²) in [5.41, 5.74) is 9.15. The molecule has 2 heterocycles. The summed E-state index contributed by atoms with van der Waals surface area (Å²) in [4.78, 5) is 15.6. The van der Waals surface area contributed by atoms with Crippen LogP contribution in [0.3, 0.4) is 0 Å². The summed E-state index contributed by atoms with van der Waals surface area (Å²) < 4.78 is 6.74. The monoisotopic (exact) mass is 653 g/mol. The van der Waals surface area contributed by atoms with Gasteiger partial charge in [0.15, 0.2) is 17.5 Å². The molecule has 0 aliphatic heterocycles. The Hall–Kier alpha value is -6.65. The smallest absolute Gasteiger partial charge is 0.164 e. The van der Waals surface area contributed by atoms with E-state index in [2.05, 4.69) is 146 Å². The van der Waals surface area contributed by atoms with Crippen LogP contribution in [0.15, 0.2) is 180 Å². The summed E-state index contributed by atoms with van der Waals surface area (Å²) in [6.07, 6.45) is 15.5. The van der Waals surface area contributed by atoms with E-state index in [-0.39, 0.29) is 5.92 Å². The summed E-state index contributed by atoms with van der Waals surface area (Å²) in [5, 5.41) is 4.28. The van der Waals surface area contributed by atoms with Crippen LogP contribution in [0.1, 0.15) is 5.56 Å². The molecule has 2 unspecified atom stereocenters. The number of furan rings is 1. The fourth-order valence-electron chi connectivity index (χ4n) is 7.73. The Morgan fingerprint density at radius 3 is 1.80 bits per heavy atom. The number of aromatic nitrogens is 3. The minimum atomic E-state index is 0.239. The largest absolute Gasteiger partial charge is 0.455 e. The van der Waals surface area contributed by atoms with Crippen LogP contribution in [0.25, 0.3) is 83.6 Å². The SMILES string of the molecule is C1=CC2C=CC=C(c3ccc(-c4nc(-c5ccccc5)nc(-c5ccc(-c6ccccc6)c6ccccc56)n4)c4c3oc3ccccc34)C2C=C1. The van der Waals surface area contributed by atoms with Crippen molar-refractivity contribution in [2.45, 2.75) is 0 Å². The highest BCUT2D eigenvalue weighted by Crippen LogP contribution is 2.45. The van der Waals surface area contributed by atoms with Crippen molar-refractivity contribution in [3.8, 4) is 45.3 Å². The lowest BCUT2D eigenvalue weighted by Crippen LogP contribution is -2.15. The molecule has 8 aromatic rings. The summed E-state index contributed by atoms with van der Waals surface area (Å²) in [6, 6.07) is 46.1. The van der Waals surface area contributed by atoms with Gasteiger partial charge in [-0.3, -0.25) is 0 Å². The van der Waals surface area contributed by atoms with E-state index in [1.165, 1.54) is 16.7 Å². The zero-order valence-corrected chi connectivity index (χ0v) is 27.6. The quantitative estimate of drug-likeness (QED) is 0.185. The topological polar surface area (TPSA) is 51.8 Å². The Labute approximate surface area is 295 Å². The highest BCUT2D eigenvalue weighted by molar-refractivity contribution is 6.15. The van der Waals surface area contributed by atoms with Gasteiger partial charge in [-0.1, -0.05) is 158 Å². The van der Waals surface area contributed by atoms with Crippen LogP contribution in [-0.2, 0) is 0 Å². The Balaban J connectivity index is 1.22. The van der Waals surface area contributed by atoms with Gasteiger partial charge in [0.1, 0.15) is 11.2 Å². The Morgan fingerprint density at radius 2 is 1.00 bits per heavy atom. The molecule has 0 saturated heterocycles. The molecule has 0 bridgehead atoms. The molecule has 2 aromatic heterocycles. The van der Waals surface area contributed by atoms with Crippen LogP contribution in [-0.4, -0.2) is 15.0 Å². The molecule has 4 heteroatoms. The summed E-state index contributed by atoms with van der Waals surface area (Å²) in [7, 11) is 0. The number of nitrogens with zero attached hydrogens (tertiary/aromatic N) is 3. The second-order valence-corrected chi connectivity index (χ2v) is 13.1. The van der Waals surface area contributed by atoms with Gasteiger partial charge in [-0.15, -0.1) is 0 Å². The lowest BCUT2D eigenvalue weighted by atomic mass is 9.76. The summed E-state index contributed by atoms with van der Waals surface area (Å²) in [6.45, 7) is 0. The maximum Gasteiger partial charge on any atom is 0.164 e. The minimum Gasteiger partial charge on any atom is -0.455 e. The molecule has 0 radical (unpaired) electrons. The maximum absolute atomic E-state index is 6.74. The van der Waals surface area contributed by atoms with Gasteiger partial charge in [0.2, 0.25) is 0 Å². The predicted molar refractivity (Wildman–Crippen MR) is 209 cm³/mol. The first-order valence-electron chi connectivity index (χ1n) is 17.4. The normalized spacial score (nSPS) is 16.5. The minimum absolute atomic E-state index is 0.239. The van der Waals surface area contributed by atoms with E-state index in [4.69, 9.17) is 19.4 Å². The maximum atomic E-state index is 6.74. The molecule has 4 nitrogen and oxygen atoms in total. The van der Waals surface area contributed by atoms with Gasteiger partial charge in [-0.25, -0.2) is 15.0 Å². The molecule has 0 saturated carbocycles. The average molecular weight is 654 g/mol. The number of hydrogen-bond donors (Lipinski definition) is 0. The van der Waals surface area contributed by atoms with E-state index in [0.717, 1.165) is 55.0 Å². The van der Waals surface area contributed by atoms with E-state index in [1.54, 1.807) is 0 Å². The van der Waals surface area contributed by atoms with Gasteiger partial charge in [0.05, 0.1) is 0 Å². The molecular formula is C47H31N3O. The second-order valence-electron chi connectivity index (χ2n) is 13.1. The predicted octanol–water partition coefficient (Wildman–Crippen LogP) is 11.9. The van der Waals surface area contributed by atoms with E-state index < -0.39 is 0 Å². The Bertz CT molecular complexity index is 2750. The Kier molecular flexibility index (Phi) is 6.91. The van der Waals surface area contributed by atoms with Gasteiger partial charge in [0.25, 0.3) is 0 Å². The molecule has 0 amide bonds. The van der Waals surface area contributed by atoms with Gasteiger partial charge < -0.3 is 4.42 Å². The molecule has 240 valence electrons. The van der Waals surface area contributed by atoms with Crippen LogP contribution in [0.5, 0.6) is 0 Å². The van der Waals surface area contributed by atoms with E-state index in [9.17, 15) is 0 Å². The lowest BCUT2D eigenvalue weighted by Gasteiger charge is -2.27. The zero-order valence-electron chi connectivity index (χ0n) is 27.6. The highest BCUT2D eigenvalue weighted by Gasteiger charge is 2.28. The number of fused-ring (bicyclic) bond motifs is 5. The van der Waals surface area contributed by atoms with E-state index in [0.29, 0.717) is 23.4 Å². The standard InChI is InChI=1S/C47H31N3O/c1-3-14-30(15-4-1)34-26-28-39(37-22-10-9-21-35(34)37)46-48-45(32-17-5-2-6-18-32)49-47(50-46)41-29-27-38(36-24-13-19-31-16-7-8-20-33(31)36)44-43(41)40-23-11-12-25-42(40)51-44/h1-29,31,33H. The molecule has 2 aliphatic carbocycles. The molecule has 0 N–H and O–H groups in total. The van der Waals surface area contributed by atoms with Crippen molar-refractivity contribution in [3.05, 3.63) is 182 Å². The third kappa shape index (κ3) is 4.95. The fourth-order valence-corrected chi connectivity index (χ4v) is 7.73. The Morgan fingerprint density at radius 1 is 0.431 bits per heavy atom. The highest BCUT2D eigenvalue weighted by atomic mass is 16.3. The number of hydrogen-bond acceptors (Lipinski definition) is 4. The van der Waals surface area contributed by atoms with E-state index >= 15 is 0 Å². The lowest BCUT2D eigenvalue weighted by molar-refractivity contribution is 0.657. The number of allylic oxidation sites excluding steroid dienone is 8. The average Bonchev–Trinajstić information content (AvgIpc) is 3.60. The van der Waals surface area contributed by atoms with Crippen LogP contribution in [0.4, 0.5) is 0 Å². The molecular weight excluding hydrogens is 623 g/mol. The van der Waals surface area contributed by atoms with Crippen molar-refractivity contribution in [2.75, 3.05) is 0 Å². The number of para-hydroxylation sites is 1. The van der Waals surface area contributed by atoms with Crippen LogP contribution < -0.4 is 0 Å². The van der Waals surface area contributed by atoms with Crippen LogP contribution in [0, 0.1) is 11.8 Å². The molecule has 51 heavy (non-hydrogen) atoms. The van der Waals surface area contributed by atoms with E-state index in [1.807, 2.05) is 30.3 Å². The molecule has 0 fully saturated rings. The number of rotatable bonds is 5. The molecule has 0 spiro atoms. The molecule has 2 aliphatic rings. The zero-order chi connectivity index (χ0) is 33.7. The van der Waals surface area contributed by atoms with Gasteiger partial charge in [-0.05, 0) is 45.7 Å². The van der Waals surface area contributed by atoms with Gasteiger partial charge in [0, 0.05) is 44.9 Å². The molecule has 6 aromatic carbocycles. The molecule has 2 atom stereocenters. The van der Waals surface area contributed by atoms with Crippen LogP contribution in [0.2, 0.25) is 0 Å². The second kappa shape index (κ2) is 12.0. The summed E-state index contributed by atoms with van der Waals surface area (Å²) >= 11 is 0. The van der Waals surface area contributed by atoms with Crippen molar-refractivity contribution >= 4 is 38.3 Å². The van der Waals surface area contributed by atoms with Crippen molar-refractivity contribution < 1.29 is 4.42 Å². The van der Waals surface area contributed by atoms with Crippen molar-refractivity contribution in [2.24, 2.45) is 11.8 Å². The third-order valence-electron chi connectivity index (χ3n) is 10.1. The first kappa shape index (κ1) is 29.3.